The molecule has 0 saturated heterocycles. The fourth-order valence-electron chi connectivity index (χ4n) is 4.66. The zero-order valence-electron chi connectivity index (χ0n) is 28.3. The Balaban J connectivity index is 0.00000422. The number of carbonyl (C=O) groups is 3. The summed E-state index contributed by atoms with van der Waals surface area (Å²) in [6.45, 7) is 16.4. The molecule has 0 fully saturated rings. The lowest BCUT2D eigenvalue weighted by molar-refractivity contribution is -0.117. The van der Waals surface area contributed by atoms with Crippen molar-refractivity contribution < 1.29 is 29.0 Å². The average Bonchev–Trinajstić information content (AvgIpc) is 2.94. The minimum atomic E-state index is -0.554. The Labute approximate surface area is 261 Å². The van der Waals surface area contributed by atoms with Gasteiger partial charge in [-0.05, 0) is 114 Å². The van der Waals surface area contributed by atoms with Crippen molar-refractivity contribution in [1.29, 1.82) is 0 Å². The molecule has 2 rings (SSSR count). The molecule has 0 aliphatic carbocycles. The zero-order valence-corrected chi connectivity index (χ0v) is 28.3. The maximum absolute atomic E-state index is 13.0. The van der Waals surface area contributed by atoms with Crippen molar-refractivity contribution in [1.82, 2.24) is 0 Å². The van der Waals surface area contributed by atoms with Crippen LogP contribution in [0.5, 0.6) is 5.75 Å². The molecule has 0 atom stereocenters. The van der Waals surface area contributed by atoms with Gasteiger partial charge in [0.1, 0.15) is 23.4 Å². The van der Waals surface area contributed by atoms with E-state index in [2.05, 4.69) is 12.1 Å². The second kappa shape index (κ2) is 22.4. The lowest BCUT2D eigenvalue weighted by atomic mass is 9.97. The highest BCUT2D eigenvalue weighted by Crippen LogP contribution is 2.27. The van der Waals surface area contributed by atoms with Crippen LogP contribution in [0, 0.1) is 13.8 Å². The number of benzene rings is 2. The molecule has 2 aromatic rings. The summed E-state index contributed by atoms with van der Waals surface area (Å²) in [6.07, 6.45) is 7.78. The quantitative estimate of drug-likeness (QED) is 0.154. The number of ketones is 1. The van der Waals surface area contributed by atoms with Crippen molar-refractivity contribution in [2.24, 2.45) is 0 Å². The average molecular weight is 600 g/mol. The van der Waals surface area contributed by atoms with E-state index in [0.717, 1.165) is 73.6 Å². The van der Waals surface area contributed by atoms with Gasteiger partial charge in [0.25, 0.3) is 0 Å². The normalized spacial score (nSPS) is 10.5. The number of carbonyl (C=O) groups excluding carboxylic acids is 3. The molecule has 7 nitrogen and oxygen atoms in total. The Morgan fingerprint density at radius 2 is 1.53 bits per heavy atom. The Kier molecular flexibility index (Phi) is 20.7. The molecule has 0 unspecified atom stereocenters. The van der Waals surface area contributed by atoms with Gasteiger partial charge in [-0.2, -0.15) is 0 Å². The predicted octanol–water partition coefficient (Wildman–Crippen LogP) is 8.36. The molecule has 242 valence electrons. The summed E-state index contributed by atoms with van der Waals surface area (Å²) in [7, 11) is 1.00. The van der Waals surface area contributed by atoms with E-state index in [1.165, 1.54) is 5.56 Å². The molecular weight excluding hydrogens is 542 g/mol. The molecule has 0 aromatic heterocycles. The molecule has 0 spiro atoms. The van der Waals surface area contributed by atoms with Crippen molar-refractivity contribution in [2.75, 3.05) is 25.2 Å². The number of hydrogen-bond donors (Lipinski definition) is 1. The third-order valence-corrected chi connectivity index (χ3v) is 6.38. The SMILES string of the molecule is CC.CC(=O)CCCOc1cccc(CCCCCCN(C(=O)OC(C)(C)C)c2cc(C)cc(C)c2)c1CCC=O.CO. The maximum atomic E-state index is 13.0. The second-order valence-corrected chi connectivity index (χ2v) is 11.4. The van der Waals surface area contributed by atoms with Crippen LogP contribution >= 0.6 is 0 Å². The third-order valence-electron chi connectivity index (χ3n) is 6.38. The van der Waals surface area contributed by atoms with E-state index in [1.54, 1.807) is 11.8 Å². The number of ether oxygens (including phenoxy) is 2. The highest BCUT2D eigenvalue weighted by atomic mass is 16.6. The van der Waals surface area contributed by atoms with Gasteiger partial charge in [-0.3, -0.25) is 4.90 Å². The van der Waals surface area contributed by atoms with Gasteiger partial charge in [0.2, 0.25) is 0 Å². The molecule has 43 heavy (non-hydrogen) atoms. The molecule has 0 aliphatic heterocycles. The molecule has 1 amide bonds. The topological polar surface area (TPSA) is 93.1 Å². The summed E-state index contributed by atoms with van der Waals surface area (Å²) < 4.78 is 11.7. The number of aliphatic hydroxyl groups is 1. The summed E-state index contributed by atoms with van der Waals surface area (Å²) in [5.41, 5.74) is 4.87. The van der Waals surface area contributed by atoms with Gasteiger partial charge >= 0.3 is 6.09 Å². The van der Waals surface area contributed by atoms with Crippen LogP contribution in [-0.2, 0) is 27.2 Å². The first-order valence-corrected chi connectivity index (χ1v) is 15.7. The molecule has 0 saturated carbocycles. The minimum absolute atomic E-state index is 0.164. The molecule has 7 heteroatoms. The lowest BCUT2D eigenvalue weighted by Crippen LogP contribution is -2.37. The second-order valence-electron chi connectivity index (χ2n) is 11.4. The first kappa shape index (κ1) is 39.8. The summed E-state index contributed by atoms with van der Waals surface area (Å²) in [6, 6.07) is 12.2. The third kappa shape index (κ3) is 16.9. The highest BCUT2D eigenvalue weighted by Gasteiger charge is 2.23. The monoisotopic (exact) mass is 599 g/mol. The lowest BCUT2D eigenvalue weighted by Gasteiger charge is -2.28. The number of hydrogen-bond acceptors (Lipinski definition) is 6. The number of aliphatic hydroxyl groups excluding tert-OH is 1. The largest absolute Gasteiger partial charge is 0.493 e. The molecule has 1 N–H and O–H groups in total. The van der Waals surface area contributed by atoms with E-state index >= 15 is 0 Å². The van der Waals surface area contributed by atoms with E-state index in [0.29, 0.717) is 38.8 Å². The number of rotatable bonds is 16. The van der Waals surface area contributed by atoms with Crippen molar-refractivity contribution in [3.63, 3.8) is 0 Å². The number of anilines is 1. The summed E-state index contributed by atoms with van der Waals surface area (Å²) in [5, 5.41) is 7.00. The molecule has 0 aliphatic rings. The van der Waals surface area contributed by atoms with E-state index in [-0.39, 0.29) is 11.9 Å². The van der Waals surface area contributed by atoms with Crippen molar-refractivity contribution >= 4 is 23.9 Å². The number of nitrogens with zero attached hydrogens (tertiary/aromatic N) is 1. The minimum Gasteiger partial charge on any atom is -0.493 e. The Morgan fingerprint density at radius 3 is 2.12 bits per heavy atom. The first-order valence-electron chi connectivity index (χ1n) is 15.7. The fourth-order valence-corrected chi connectivity index (χ4v) is 4.66. The van der Waals surface area contributed by atoms with Crippen LogP contribution in [0.2, 0.25) is 0 Å². The number of amides is 1. The highest BCUT2D eigenvalue weighted by molar-refractivity contribution is 5.88. The van der Waals surface area contributed by atoms with Crippen LogP contribution in [0.25, 0.3) is 0 Å². The number of aryl methyl sites for hydroxylation is 3. The van der Waals surface area contributed by atoms with Crippen LogP contribution in [-0.4, -0.2) is 49.1 Å². The Morgan fingerprint density at radius 1 is 0.907 bits per heavy atom. The zero-order chi connectivity index (χ0) is 32.8. The van der Waals surface area contributed by atoms with Gasteiger partial charge in [-0.25, -0.2) is 4.79 Å². The van der Waals surface area contributed by atoms with Crippen molar-refractivity contribution in [3.8, 4) is 5.75 Å². The van der Waals surface area contributed by atoms with Crippen LogP contribution in [0.15, 0.2) is 36.4 Å². The molecule has 0 heterocycles. The smallest absolute Gasteiger partial charge is 0.414 e. The number of Topliss-reactive ketones (excluding diaryl/α,β-unsaturated/α-hetero) is 1. The van der Waals surface area contributed by atoms with Gasteiger partial charge < -0.3 is 24.2 Å². The Hall–Kier alpha value is -3.19. The Bertz CT molecular complexity index is 1070. The van der Waals surface area contributed by atoms with E-state index < -0.39 is 5.60 Å². The van der Waals surface area contributed by atoms with Gasteiger partial charge in [0, 0.05) is 32.2 Å². The standard InChI is InChI=1S/C33H47NO5.C2H6.CH4O/c1-25-22-26(2)24-29(23-25)34(32(37)39-33(4,5)6)19-10-8-7-9-15-28-16-11-18-31(30(28)17-12-20-35)38-21-13-14-27(3)36;2*1-2/h11,16,18,20,22-24H,7-10,12-15,17,19,21H2,1-6H3;1-2H3;2H,1H3. The number of aldehydes is 1. The van der Waals surface area contributed by atoms with Crippen molar-refractivity contribution in [3.05, 3.63) is 58.7 Å². The maximum Gasteiger partial charge on any atom is 0.414 e. The first-order chi connectivity index (χ1) is 20.5. The van der Waals surface area contributed by atoms with Crippen molar-refractivity contribution in [2.45, 2.75) is 119 Å². The van der Waals surface area contributed by atoms with Crippen LogP contribution < -0.4 is 9.64 Å². The van der Waals surface area contributed by atoms with Gasteiger partial charge in [-0.15, -0.1) is 0 Å². The van der Waals surface area contributed by atoms with Gasteiger partial charge in [0.05, 0.1) is 6.61 Å². The van der Waals surface area contributed by atoms with E-state index in [1.807, 2.05) is 72.7 Å². The van der Waals surface area contributed by atoms with Crippen LogP contribution in [0.3, 0.4) is 0 Å². The molecule has 0 bridgehead atoms. The summed E-state index contributed by atoms with van der Waals surface area (Å²) in [5.74, 6) is 0.982. The predicted molar refractivity (Wildman–Crippen MR) is 177 cm³/mol. The van der Waals surface area contributed by atoms with Gasteiger partial charge in [0.15, 0.2) is 0 Å². The summed E-state index contributed by atoms with van der Waals surface area (Å²) in [4.78, 5) is 37.1. The molecule has 2 aromatic carbocycles. The molecule has 0 radical (unpaired) electrons. The summed E-state index contributed by atoms with van der Waals surface area (Å²) >= 11 is 0. The van der Waals surface area contributed by atoms with Gasteiger partial charge in [-0.1, -0.05) is 44.9 Å². The van der Waals surface area contributed by atoms with Crippen LogP contribution in [0.4, 0.5) is 10.5 Å². The van der Waals surface area contributed by atoms with E-state index in [9.17, 15) is 14.4 Å². The van der Waals surface area contributed by atoms with E-state index in [4.69, 9.17) is 14.6 Å². The fraction of sp³-hybridized carbons (Fsp3) is 0.583. The molecular formula is C36H57NO6. The van der Waals surface area contributed by atoms with Crippen LogP contribution in [0.1, 0.15) is 109 Å². The number of unbranched alkanes of at least 4 members (excludes halogenated alkanes) is 3.